The fraction of sp³-hybridized carbons (Fsp3) is 0.300. The minimum Gasteiger partial charge on any atom is -0.346 e. The third kappa shape index (κ3) is 2.85. The molecule has 2 atom stereocenters. The Kier molecular flexibility index (Phi) is 4.14. The predicted molar refractivity (Wildman–Crippen MR) is 97.5 cm³/mol. The molecule has 4 rings (SSSR count). The standard InChI is InChI=1S/C20H20N4O3/c1-13(16-8-4-5-11-21-16)22-17(25)12-24-18(26)20(23-19(24)27)10-9-14-6-2-3-7-15(14)20/h2-8,11,13H,9-10,12H2,1H3,(H,22,25)(H,23,27). The molecule has 2 aliphatic rings. The van der Waals surface area contributed by atoms with Crippen molar-refractivity contribution in [3.05, 3.63) is 65.5 Å². The summed E-state index contributed by atoms with van der Waals surface area (Å²) >= 11 is 0. The van der Waals surface area contributed by atoms with Crippen LogP contribution >= 0.6 is 0 Å². The molecule has 27 heavy (non-hydrogen) atoms. The maximum Gasteiger partial charge on any atom is 0.325 e. The van der Waals surface area contributed by atoms with Crippen LogP contribution in [0.15, 0.2) is 48.7 Å². The van der Waals surface area contributed by atoms with E-state index in [2.05, 4.69) is 15.6 Å². The number of nitrogens with one attached hydrogen (secondary N) is 2. The van der Waals surface area contributed by atoms with Crippen LogP contribution in [0.5, 0.6) is 0 Å². The van der Waals surface area contributed by atoms with Crippen molar-refractivity contribution in [2.75, 3.05) is 6.54 Å². The van der Waals surface area contributed by atoms with Gasteiger partial charge in [-0.2, -0.15) is 0 Å². The number of carbonyl (C=O) groups is 3. The molecule has 1 aromatic carbocycles. The molecule has 1 aliphatic heterocycles. The normalized spacial score (nSPS) is 21.9. The summed E-state index contributed by atoms with van der Waals surface area (Å²) in [6.07, 6.45) is 2.88. The SMILES string of the molecule is CC(NC(=O)CN1C(=O)NC2(CCc3ccccc32)C1=O)c1ccccn1. The molecule has 2 N–H and O–H groups in total. The zero-order valence-corrected chi connectivity index (χ0v) is 14.9. The van der Waals surface area contributed by atoms with Crippen molar-refractivity contribution >= 4 is 17.8 Å². The Hall–Kier alpha value is -3.22. The molecule has 2 heterocycles. The van der Waals surface area contributed by atoms with Crippen LogP contribution in [-0.4, -0.2) is 34.3 Å². The average Bonchev–Trinajstić information content (AvgIpc) is 3.16. The van der Waals surface area contributed by atoms with Gasteiger partial charge in [0.2, 0.25) is 5.91 Å². The molecule has 1 fully saturated rings. The van der Waals surface area contributed by atoms with Crippen LogP contribution < -0.4 is 10.6 Å². The number of benzene rings is 1. The van der Waals surface area contributed by atoms with Crippen LogP contribution in [-0.2, 0) is 21.5 Å². The Morgan fingerprint density at radius 3 is 2.81 bits per heavy atom. The van der Waals surface area contributed by atoms with E-state index in [9.17, 15) is 14.4 Å². The molecule has 7 heteroatoms. The molecule has 1 aromatic heterocycles. The Balaban J connectivity index is 1.48. The fourth-order valence-corrected chi connectivity index (χ4v) is 3.87. The van der Waals surface area contributed by atoms with E-state index in [1.165, 1.54) is 0 Å². The Morgan fingerprint density at radius 1 is 1.26 bits per heavy atom. The van der Waals surface area contributed by atoms with Gasteiger partial charge in [-0.3, -0.25) is 19.5 Å². The molecule has 1 spiro atoms. The van der Waals surface area contributed by atoms with E-state index in [1.807, 2.05) is 36.4 Å². The molecule has 0 saturated carbocycles. The van der Waals surface area contributed by atoms with Gasteiger partial charge in [0.1, 0.15) is 12.1 Å². The predicted octanol–water partition coefficient (Wildman–Crippen LogP) is 1.65. The second-order valence-electron chi connectivity index (χ2n) is 6.93. The van der Waals surface area contributed by atoms with Gasteiger partial charge in [0.05, 0.1) is 11.7 Å². The summed E-state index contributed by atoms with van der Waals surface area (Å²) in [5.74, 6) is -0.766. The van der Waals surface area contributed by atoms with Crippen molar-refractivity contribution in [3.8, 4) is 0 Å². The number of imide groups is 1. The molecule has 2 aromatic rings. The average molecular weight is 364 g/mol. The monoisotopic (exact) mass is 364 g/mol. The zero-order valence-electron chi connectivity index (χ0n) is 14.9. The largest absolute Gasteiger partial charge is 0.346 e. The van der Waals surface area contributed by atoms with Gasteiger partial charge in [0.15, 0.2) is 0 Å². The molecule has 1 aliphatic carbocycles. The van der Waals surface area contributed by atoms with Crippen molar-refractivity contribution < 1.29 is 14.4 Å². The van der Waals surface area contributed by atoms with E-state index in [-0.39, 0.29) is 18.5 Å². The number of rotatable bonds is 4. The zero-order chi connectivity index (χ0) is 19.0. The van der Waals surface area contributed by atoms with Crippen molar-refractivity contribution in [1.29, 1.82) is 0 Å². The van der Waals surface area contributed by atoms with E-state index in [0.29, 0.717) is 12.1 Å². The van der Waals surface area contributed by atoms with E-state index >= 15 is 0 Å². The van der Waals surface area contributed by atoms with Crippen LogP contribution in [0, 0.1) is 0 Å². The summed E-state index contributed by atoms with van der Waals surface area (Å²) in [4.78, 5) is 43.1. The van der Waals surface area contributed by atoms with E-state index < -0.39 is 17.5 Å². The highest BCUT2D eigenvalue weighted by Crippen LogP contribution is 2.41. The van der Waals surface area contributed by atoms with Gasteiger partial charge in [-0.05, 0) is 43.0 Å². The number of amides is 4. The molecular formula is C20H20N4O3. The molecule has 7 nitrogen and oxygen atoms in total. The summed E-state index contributed by atoms with van der Waals surface area (Å²) in [7, 11) is 0. The number of nitrogens with zero attached hydrogens (tertiary/aromatic N) is 2. The number of hydrogen-bond acceptors (Lipinski definition) is 4. The lowest BCUT2D eigenvalue weighted by atomic mass is 9.92. The maximum absolute atomic E-state index is 13.0. The highest BCUT2D eigenvalue weighted by Gasteiger charge is 2.55. The molecule has 0 radical (unpaired) electrons. The van der Waals surface area contributed by atoms with Crippen LogP contribution in [0.3, 0.4) is 0 Å². The third-order valence-electron chi connectivity index (χ3n) is 5.23. The van der Waals surface area contributed by atoms with Crippen molar-refractivity contribution in [2.24, 2.45) is 0 Å². The van der Waals surface area contributed by atoms with Crippen molar-refractivity contribution in [3.63, 3.8) is 0 Å². The number of urea groups is 1. The van der Waals surface area contributed by atoms with Crippen LogP contribution in [0.4, 0.5) is 4.79 Å². The molecular weight excluding hydrogens is 344 g/mol. The highest BCUT2D eigenvalue weighted by molar-refractivity contribution is 6.09. The first-order valence-corrected chi connectivity index (χ1v) is 8.94. The highest BCUT2D eigenvalue weighted by atomic mass is 16.2. The van der Waals surface area contributed by atoms with Crippen LogP contribution in [0.2, 0.25) is 0 Å². The summed E-state index contributed by atoms with van der Waals surface area (Å²) < 4.78 is 0. The van der Waals surface area contributed by atoms with E-state index in [1.54, 1.807) is 19.2 Å². The summed E-state index contributed by atoms with van der Waals surface area (Å²) in [6.45, 7) is 1.49. The van der Waals surface area contributed by atoms with E-state index in [0.717, 1.165) is 22.4 Å². The smallest absolute Gasteiger partial charge is 0.325 e. The second kappa shape index (κ2) is 6.50. The first-order chi connectivity index (χ1) is 13.0. The van der Waals surface area contributed by atoms with Crippen LogP contribution in [0.25, 0.3) is 0 Å². The first-order valence-electron chi connectivity index (χ1n) is 8.94. The Morgan fingerprint density at radius 2 is 2.04 bits per heavy atom. The number of aromatic nitrogens is 1. The lowest BCUT2D eigenvalue weighted by Gasteiger charge is -2.22. The summed E-state index contributed by atoms with van der Waals surface area (Å²) in [5, 5.41) is 5.61. The number of carbonyl (C=O) groups excluding carboxylic acids is 3. The topological polar surface area (TPSA) is 91.4 Å². The van der Waals surface area contributed by atoms with Gasteiger partial charge in [-0.1, -0.05) is 30.3 Å². The lowest BCUT2D eigenvalue weighted by molar-refractivity contribution is -0.135. The van der Waals surface area contributed by atoms with Gasteiger partial charge in [-0.15, -0.1) is 0 Å². The third-order valence-corrected chi connectivity index (χ3v) is 5.23. The first kappa shape index (κ1) is 17.2. The summed E-state index contributed by atoms with van der Waals surface area (Å²) in [5.41, 5.74) is 1.55. The van der Waals surface area contributed by atoms with E-state index in [4.69, 9.17) is 0 Å². The number of fused-ring (bicyclic) bond motifs is 2. The number of hydrogen-bond donors (Lipinski definition) is 2. The maximum atomic E-state index is 13.0. The number of aryl methyl sites for hydroxylation is 1. The lowest BCUT2D eigenvalue weighted by Crippen LogP contribution is -2.44. The van der Waals surface area contributed by atoms with Gasteiger partial charge >= 0.3 is 6.03 Å². The minimum atomic E-state index is -1.04. The van der Waals surface area contributed by atoms with Crippen molar-refractivity contribution in [1.82, 2.24) is 20.5 Å². The minimum absolute atomic E-state index is 0.314. The number of pyridine rings is 1. The van der Waals surface area contributed by atoms with Gasteiger partial charge in [-0.25, -0.2) is 4.79 Å². The molecule has 4 amide bonds. The fourth-order valence-electron chi connectivity index (χ4n) is 3.87. The molecule has 0 bridgehead atoms. The second-order valence-corrected chi connectivity index (χ2v) is 6.93. The molecule has 2 unspecified atom stereocenters. The van der Waals surface area contributed by atoms with Crippen LogP contribution in [0.1, 0.15) is 36.2 Å². The molecule has 138 valence electrons. The summed E-state index contributed by atoms with van der Waals surface area (Å²) in [6, 6.07) is 12.2. The van der Waals surface area contributed by atoms with Gasteiger partial charge < -0.3 is 10.6 Å². The van der Waals surface area contributed by atoms with Gasteiger partial charge in [0.25, 0.3) is 5.91 Å². The quantitative estimate of drug-likeness (QED) is 0.807. The Bertz CT molecular complexity index is 914. The van der Waals surface area contributed by atoms with Crippen molar-refractivity contribution in [2.45, 2.75) is 31.3 Å². The van der Waals surface area contributed by atoms with Gasteiger partial charge in [0, 0.05) is 6.20 Å². The molecule has 1 saturated heterocycles. The Labute approximate surface area is 156 Å².